The van der Waals surface area contributed by atoms with Gasteiger partial charge in [0.15, 0.2) is 12.2 Å². The number of hydrazine groups is 1. The van der Waals surface area contributed by atoms with Gasteiger partial charge in [0.1, 0.15) is 0 Å². The number of hydrogen-bond acceptors (Lipinski definition) is 5. The van der Waals surface area contributed by atoms with Crippen molar-refractivity contribution >= 4 is 17.9 Å². The Morgan fingerprint density at radius 2 is 1.35 bits per heavy atom. The summed E-state index contributed by atoms with van der Waals surface area (Å²) < 4.78 is 0. The van der Waals surface area contributed by atoms with Crippen molar-refractivity contribution in [2.75, 3.05) is 19.6 Å². The minimum atomic E-state index is 0.0280. The van der Waals surface area contributed by atoms with Gasteiger partial charge in [0.2, 0.25) is 11.9 Å². The second kappa shape index (κ2) is 17.3. The highest BCUT2D eigenvalue weighted by Gasteiger charge is 1.99. The Morgan fingerprint density at radius 1 is 0.769 bits per heavy atom. The second-order valence-electron chi connectivity index (χ2n) is 5.87. The molecule has 9 N–H and O–H groups in total. The summed E-state index contributed by atoms with van der Waals surface area (Å²) in [5, 5.41) is 41.6. The molecule has 10 heteroatoms. The summed E-state index contributed by atoms with van der Waals surface area (Å²) in [5.74, 6) is 0.186. The first-order valence-corrected chi connectivity index (χ1v) is 9.24. The van der Waals surface area contributed by atoms with Crippen LogP contribution < -0.4 is 32.1 Å². The van der Waals surface area contributed by atoms with Crippen LogP contribution in [-0.4, -0.2) is 37.5 Å². The van der Waals surface area contributed by atoms with Crippen LogP contribution in [0.5, 0.6) is 0 Å². The van der Waals surface area contributed by atoms with E-state index < -0.39 is 0 Å². The number of hydrogen-bond donors (Lipinski definition) is 9. The molecule has 0 saturated heterocycles. The van der Waals surface area contributed by atoms with Crippen molar-refractivity contribution in [2.24, 2.45) is 0 Å². The van der Waals surface area contributed by atoms with Crippen molar-refractivity contribution in [1.29, 1.82) is 21.5 Å². The molecule has 26 heavy (non-hydrogen) atoms. The van der Waals surface area contributed by atoms with Crippen LogP contribution >= 0.6 is 0 Å². The molecule has 0 saturated carbocycles. The number of unbranched alkanes of at least 4 members (excludes halogenated alkanes) is 6. The molecule has 0 aromatic carbocycles. The minimum Gasteiger partial charge on any atom is -0.356 e. The molecule has 0 aromatic rings. The van der Waals surface area contributed by atoms with Gasteiger partial charge in [-0.05, 0) is 19.3 Å². The summed E-state index contributed by atoms with van der Waals surface area (Å²) in [4.78, 5) is 0. The van der Waals surface area contributed by atoms with E-state index in [4.69, 9.17) is 21.5 Å². The third-order valence-electron chi connectivity index (χ3n) is 3.51. The third-order valence-corrected chi connectivity index (χ3v) is 3.51. The molecule has 0 aliphatic rings. The number of nitrogens with one attached hydrogen (secondary N) is 9. The fourth-order valence-corrected chi connectivity index (χ4v) is 2.12. The topological polar surface area (TPSA) is 168 Å². The van der Waals surface area contributed by atoms with Gasteiger partial charge in [-0.15, -0.1) is 0 Å². The molecule has 0 aliphatic carbocycles. The number of nitriles is 1. The smallest absolute Gasteiger partial charge is 0.209 e. The molecule has 10 nitrogen and oxygen atoms in total. The van der Waals surface area contributed by atoms with Crippen molar-refractivity contribution in [3.05, 3.63) is 0 Å². The molecule has 0 heterocycles. The molecule has 0 aliphatic heterocycles. The monoisotopic (exact) mass is 366 g/mol. The highest BCUT2D eigenvalue weighted by Crippen LogP contribution is 1.97. The van der Waals surface area contributed by atoms with Crippen LogP contribution in [0.1, 0.15) is 58.3 Å². The Labute approximate surface area is 156 Å². The van der Waals surface area contributed by atoms with Crippen LogP contribution in [0.4, 0.5) is 0 Å². The van der Waals surface area contributed by atoms with Crippen molar-refractivity contribution < 1.29 is 0 Å². The van der Waals surface area contributed by atoms with Gasteiger partial charge in [-0.3, -0.25) is 32.3 Å². The molecule has 0 atom stereocenters. The summed E-state index contributed by atoms with van der Waals surface area (Å²) in [5.41, 5.74) is 5.68. The maximum absolute atomic E-state index is 8.33. The van der Waals surface area contributed by atoms with Gasteiger partial charge in [0.25, 0.3) is 0 Å². The molecule has 0 aromatic heterocycles. The SMILES string of the molecule is CCCCCCNNC(=N)NC(=N)NCCCCCCNC(=N)NC#N. The lowest BCUT2D eigenvalue weighted by atomic mass is 10.2. The average Bonchev–Trinajstić information content (AvgIpc) is 2.60. The average molecular weight is 367 g/mol. The predicted octanol–water partition coefficient (Wildman–Crippen LogP) is 0.865. The Balaban J connectivity index is 3.41. The van der Waals surface area contributed by atoms with E-state index >= 15 is 0 Å². The zero-order valence-electron chi connectivity index (χ0n) is 15.7. The van der Waals surface area contributed by atoms with Crippen LogP contribution in [-0.2, 0) is 0 Å². The fourth-order valence-electron chi connectivity index (χ4n) is 2.12. The highest BCUT2D eigenvalue weighted by atomic mass is 15.4. The molecule has 0 spiro atoms. The normalized spacial score (nSPS) is 9.69. The van der Waals surface area contributed by atoms with E-state index in [1.165, 1.54) is 19.3 Å². The van der Waals surface area contributed by atoms with E-state index in [1.807, 2.05) is 0 Å². The summed E-state index contributed by atoms with van der Waals surface area (Å²) >= 11 is 0. The van der Waals surface area contributed by atoms with E-state index in [9.17, 15) is 0 Å². The number of rotatable bonds is 13. The third kappa shape index (κ3) is 16.3. The summed E-state index contributed by atoms with van der Waals surface area (Å²) in [6, 6.07) is 0. The predicted molar refractivity (Wildman–Crippen MR) is 105 cm³/mol. The quantitative estimate of drug-likeness (QED) is 0.0581. The second-order valence-corrected chi connectivity index (χ2v) is 5.87. The van der Waals surface area contributed by atoms with Crippen LogP contribution in [0.15, 0.2) is 0 Å². The molecule has 0 amide bonds. The van der Waals surface area contributed by atoms with Gasteiger partial charge in [0, 0.05) is 19.6 Å². The molecular formula is C16H34N10. The molecule has 0 radical (unpaired) electrons. The van der Waals surface area contributed by atoms with Crippen molar-refractivity contribution in [1.82, 2.24) is 32.1 Å². The van der Waals surface area contributed by atoms with Crippen LogP contribution in [0.25, 0.3) is 0 Å². The first-order valence-electron chi connectivity index (χ1n) is 9.24. The summed E-state index contributed by atoms with van der Waals surface area (Å²) in [7, 11) is 0. The Kier molecular flexibility index (Phi) is 15.6. The van der Waals surface area contributed by atoms with Gasteiger partial charge in [0.05, 0.1) is 0 Å². The lowest BCUT2D eigenvalue weighted by Crippen LogP contribution is -2.50. The van der Waals surface area contributed by atoms with Gasteiger partial charge in [-0.25, -0.2) is 5.43 Å². The van der Waals surface area contributed by atoms with E-state index in [2.05, 4.69) is 39.0 Å². The van der Waals surface area contributed by atoms with E-state index in [1.54, 1.807) is 6.19 Å². The maximum Gasteiger partial charge on any atom is 0.209 e. The standard InChI is InChI=1S/C16H34N10/c1-2-3-4-9-12-24-26-16(20)25-15(19)22-11-8-6-5-7-10-21-14(18)23-13-17/h24H,2-12H2,1H3,(H3,18,21,23)(H5,19,20,22,25,26). The van der Waals surface area contributed by atoms with Crippen LogP contribution in [0, 0.1) is 27.7 Å². The summed E-state index contributed by atoms with van der Waals surface area (Å²) in [6.07, 6.45) is 10.2. The van der Waals surface area contributed by atoms with Gasteiger partial charge >= 0.3 is 0 Å². The zero-order valence-corrected chi connectivity index (χ0v) is 15.7. The van der Waals surface area contributed by atoms with Gasteiger partial charge < -0.3 is 10.6 Å². The maximum atomic E-state index is 8.33. The molecular weight excluding hydrogens is 332 g/mol. The molecule has 0 rings (SSSR count). The lowest BCUT2D eigenvalue weighted by Gasteiger charge is -2.13. The largest absolute Gasteiger partial charge is 0.356 e. The van der Waals surface area contributed by atoms with Gasteiger partial charge in [-0.2, -0.15) is 5.26 Å². The zero-order chi connectivity index (χ0) is 19.5. The highest BCUT2D eigenvalue weighted by molar-refractivity contribution is 5.95. The minimum absolute atomic E-state index is 0.0280. The van der Waals surface area contributed by atoms with E-state index in [0.717, 1.165) is 38.6 Å². The van der Waals surface area contributed by atoms with Gasteiger partial charge in [-0.1, -0.05) is 39.0 Å². The molecule has 0 bridgehead atoms. The number of nitrogens with zero attached hydrogens (tertiary/aromatic N) is 1. The Morgan fingerprint density at radius 3 is 1.96 bits per heavy atom. The van der Waals surface area contributed by atoms with Crippen LogP contribution in [0.3, 0.4) is 0 Å². The Bertz CT molecular complexity index is 443. The number of guanidine groups is 3. The molecule has 148 valence electrons. The summed E-state index contributed by atoms with van der Waals surface area (Å²) in [6.45, 7) is 4.30. The lowest BCUT2D eigenvalue weighted by molar-refractivity contribution is 0.573. The van der Waals surface area contributed by atoms with E-state index in [0.29, 0.717) is 13.1 Å². The van der Waals surface area contributed by atoms with E-state index in [-0.39, 0.29) is 17.9 Å². The first kappa shape index (κ1) is 23.5. The fraction of sp³-hybridized carbons (Fsp3) is 0.750. The molecule has 0 fully saturated rings. The molecule has 0 unspecified atom stereocenters. The van der Waals surface area contributed by atoms with Crippen molar-refractivity contribution in [2.45, 2.75) is 58.3 Å². The Hall–Kier alpha value is -2.54. The van der Waals surface area contributed by atoms with Crippen molar-refractivity contribution in [3.8, 4) is 6.19 Å². The van der Waals surface area contributed by atoms with Crippen molar-refractivity contribution in [3.63, 3.8) is 0 Å². The first-order chi connectivity index (χ1) is 12.6. The van der Waals surface area contributed by atoms with Crippen LogP contribution in [0.2, 0.25) is 0 Å².